The summed E-state index contributed by atoms with van der Waals surface area (Å²) in [5.74, 6) is 0. The van der Waals surface area contributed by atoms with E-state index in [4.69, 9.17) is 0 Å². The highest BCUT2D eigenvalue weighted by Gasteiger charge is 2.19. The first-order valence-electron chi connectivity index (χ1n) is 5.67. The molecule has 1 N–H and O–H groups in total. The number of anilines is 2. The Labute approximate surface area is 113 Å². The molecular formula is C14H10N2O2S. The Kier molecular flexibility index (Phi) is 2.89. The van der Waals surface area contributed by atoms with Crippen molar-refractivity contribution in [1.82, 2.24) is 4.98 Å². The number of fused-ring (bicyclic) bond motifs is 1. The molecule has 1 amide bonds. The zero-order chi connectivity index (χ0) is 13.2. The van der Waals surface area contributed by atoms with Crippen molar-refractivity contribution in [1.29, 1.82) is 0 Å². The molecular weight excluding hydrogens is 260 g/mol. The fraction of sp³-hybridized carbons (Fsp3) is 0. The summed E-state index contributed by atoms with van der Waals surface area (Å²) in [4.78, 5) is 17.1. The quantitative estimate of drug-likeness (QED) is 0.762. The first-order chi connectivity index (χ1) is 9.27. The third kappa shape index (κ3) is 2.04. The largest absolute Gasteiger partial charge is 0.464 e. The lowest BCUT2D eigenvalue weighted by atomic mass is 10.2. The van der Waals surface area contributed by atoms with Crippen LogP contribution >= 0.6 is 11.3 Å². The summed E-state index contributed by atoms with van der Waals surface area (Å²) in [5, 5.41) is 12.8. The number of pyridine rings is 1. The summed E-state index contributed by atoms with van der Waals surface area (Å²) in [6, 6.07) is 12.8. The third-order valence-corrected chi connectivity index (χ3v) is 3.64. The van der Waals surface area contributed by atoms with Crippen LogP contribution in [-0.4, -0.2) is 16.2 Å². The van der Waals surface area contributed by atoms with Crippen molar-refractivity contribution in [2.45, 2.75) is 0 Å². The zero-order valence-electron chi connectivity index (χ0n) is 9.85. The van der Waals surface area contributed by atoms with Crippen LogP contribution in [0.5, 0.6) is 0 Å². The fourth-order valence-electron chi connectivity index (χ4n) is 1.99. The summed E-state index contributed by atoms with van der Waals surface area (Å²) in [6.45, 7) is 0. The van der Waals surface area contributed by atoms with Crippen LogP contribution in [0.25, 0.3) is 10.9 Å². The first-order valence-corrected chi connectivity index (χ1v) is 6.55. The molecule has 0 aliphatic carbocycles. The van der Waals surface area contributed by atoms with Gasteiger partial charge in [-0.05, 0) is 29.6 Å². The zero-order valence-corrected chi connectivity index (χ0v) is 10.7. The normalized spacial score (nSPS) is 10.5. The van der Waals surface area contributed by atoms with Gasteiger partial charge in [0, 0.05) is 11.6 Å². The molecule has 0 aliphatic heterocycles. The van der Waals surface area contributed by atoms with Gasteiger partial charge in [-0.2, -0.15) is 0 Å². The van der Waals surface area contributed by atoms with Crippen molar-refractivity contribution < 1.29 is 9.90 Å². The van der Waals surface area contributed by atoms with Gasteiger partial charge < -0.3 is 5.11 Å². The van der Waals surface area contributed by atoms with Gasteiger partial charge in [-0.1, -0.05) is 18.2 Å². The Morgan fingerprint density at radius 2 is 2.00 bits per heavy atom. The van der Waals surface area contributed by atoms with Crippen LogP contribution in [0.3, 0.4) is 0 Å². The highest BCUT2D eigenvalue weighted by Crippen LogP contribution is 2.33. The number of thiophene rings is 1. The predicted molar refractivity (Wildman–Crippen MR) is 76.2 cm³/mol. The Balaban J connectivity index is 2.24. The van der Waals surface area contributed by atoms with Gasteiger partial charge in [0.05, 0.1) is 11.2 Å². The molecule has 0 spiro atoms. The van der Waals surface area contributed by atoms with Crippen LogP contribution in [-0.2, 0) is 0 Å². The average Bonchev–Trinajstić information content (AvgIpc) is 2.93. The average molecular weight is 270 g/mol. The van der Waals surface area contributed by atoms with Gasteiger partial charge in [0.1, 0.15) is 5.00 Å². The Morgan fingerprint density at radius 3 is 2.74 bits per heavy atom. The molecule has 0 bridgehead atoms. The standard InChI is InChI=1S/C14H10N2O2S/c17-14(18)16(13-6-3-9-19-13)12-7-8-15-11-5-2-1-4-10(11)12/h1-9H,(H,17,18). The van der Waals surface area contributed by atoms with Crippen LogP contribution < -0.4 is 4.90 Å². The van der Waals surface area contributed by atoms with E-state index in [1.165, 1.54) is 16.2 Å². The number of nitrogens with zero attached hydrogens (tertiary/aromatic N) is 2. The van der Waals surface area contributed by atoms with Crippen molar-refractivity contribution >= 4 is 39.0 Å². The molecule has 0 radical (unpaired) electrons. The van der Waals surface area contributed by atoms with Crippen molar-refractivity contribution in [2.75, 3.05) is 4.90 Å². The van der Waals surface area contributed by atoms with E-state index in [2.05, 4.69) is 4.98 Å². The molecule has 3 rings (SSSR count). The molecule has 5 heteroatoms. The van der Waals surface area contributed by atoms with Gasteiger partial charge in [0.25, 0.3) is 0 Å². The number of carboxylic acid groups (broad SMARTS) is 1. The minimum Gasteiger partial charge on any atom is -0.464 e. The number of para-hydroxylation sites is 1. The highest BCUT2D eigenvalue weighted by atomic mass is 32.1. The van der Waals surface area contributed by atoms with Gasteiger partial charge in [0.15, 0.2) is 0 Å². The number of amides is 1. The van der Waals surface area contributed by atoms with Crippen molar-refractivity contribution in [3.05, 3.63) is 54.0 Å². The maximum Gasteiger partial charge on any atom is 0.417 e. The van der Waals surface area contributed by atoms with Crippen LogP contribution in [0, 0.1) is 0 Å². The Hall–Kier alpha value is -2.40. The van der Waals surface area contributed by atoms with E-state index in [1.54, 1.807) is 18.3 Å². The smallest absolute Gasteiger partial charge is 0.417 e. The summed E-state index contributed by atoms with van der Waals surface area (Å²) in [6.07, 6.45) is 0.625. The number of hydrogen-bond acceptors (Lipinski definition) is 3. The predicted octanol–water partition coefficient (Wildman–Crippen LogP) is 4.11. The lowest BCUT2D eigenvalue weighted by Gasteiger charge is -2.18. The molecule has 0 aliphatic rings. The Morgan fingerprint density at radius 1 is 1.16 bits per heavy atom. The number of carbonyl (C=O) groups is 1. The minimum atomic E-state index is -1.00. The molecule has 19 heavy (non-hydrogen) atoms. The summed E-state index contributed by atoms with van der Waals surface area (Å²) in [5.41, 5.74) is 1.41. The van der Waals surface area contributed by atoms with Crippen LogP contribution in [0.4, 0.5) is 15.5 Å². The van der Waals surface area contributed by atoms with Crippen LogP contribution in [0.15, 0.2) is 54.0 Å². The second-order valence-corrected chi connectivity index (χ2v) is 4.84. The minimum absolute atomic E-state index is 0.626. The van der Waals surface area contributed by atoms with E-state index in [9.17, 15) is 9.90 Å². The van der Waals surface area contributed by atoms with E-state index in [0.717, 1.165) is 10.9 Å². The molecule has 2 heterocycles. The second kappa shape index (κ2) is 4.70. The van der Waals surface area contributed by atoms with Gasteiger partial charge in [-0.25, -0.2) is 9.69 Å². The maximum atomic E-state index is 11.6. The lowest BCUT2D eigenvalue weighted by molar-refractivity contribution is 0.205. The number of benzene rings is 1. The third-order valence-electron chi connectivity index (χ3n) is 2.78. The molecule has 94 valence electrons. The molecule has 0 unspecified atom stereocenters. The van der Waals surface area contributed by atoms with Gasteiger partial charge in [-0.3, -0.25) is 4.98 Å². The first kappa shape index (κ1) is 11.7. The molecule has 3 aromatic rings. The summed E-state index contributed by atoms with van der Waals surface area (Å²) in [7, 11) is 0. The monoisotopic (exact) mass is 270 g/mol. The van der Waals surface area contributed by atoms with E-state index in [1.807, 2.05) is 35.7 Å². The molecule has 0 fully saturated rings. The molecule has 4 nitrogen and oxygen atoms in total. The fourth-order valence-corrected chi connectivity index (χ4v) is 2.72. The van der Waals surface area contributed by atoms with Crippen molar-refractivity contribution in [3.63, 3.8) is 0 Å². The Bertz CT molecular complexity index is 720. The SMILES string of the molecule is O=C(O)N(c1cccs1)c1ccnc2ccccc12. The molecule has 0 saturated heterocycles. The topological polar surface area (TPSA) is 53.4 Å². The molecule has 2 aromatic heterocycles. The number of aromatic nitrogens is 1. The summed E-state index contributed by atoms with van der Waals surface area (Å²) >= 11 is 1.39. The molecule has 1 aromatic carbocycles. The van der Waals surface area contributed by atoms with E-state index in [0.29, 0.717) is 10.7 Å². The van der Waals surface area contributed by atoms with Gasteiger partial charge in [0.2, 0.25) is 0 Å². The van der Waals surface area contributed by atoms with Crippen LogP contribution in [0.2, 0.25) is 0 Å². The second-order valence-electron chi connectivity index (χ2n) is 3.92. The van der Waals surface area contributed by atoms with E-state index < -0.39 is 6.09 Å². The van der Waals surface area contributed by atoms with E-state index >= 15 is 0 Å². The van der Waals surface area contributed by atoms with Gasteiger partial charge >= 0.3 is 6.09 Å². The molecule has 0 atom stereocenters. The van der Waals surface area contributed by atoms with Crippen molar-refractivity contribution in [3.8, 4) is 0 Å². The highest BCUT2D eigenvalue weighted by molar-refractivity contribution is 7.14. The number of rotatable bonds is 2. The van der Waals surface area contributed by atoms with E-state index in [-0.39, 0.29) is 0 Å². The maximum absolute atomic E-state index is 11.6. The van der Waals surface area contributed by atoms with Crippen LogP contribution in [0.1, 0.15) is 0 Å². The van der Waals surface area contributed by atoms with Gasteiger partial charge in [-0.15, -0.1) is 11.3 Å². The lowest BCUT2D eigenvalue weighted by Crippen LogP contribution is -2.22. The molecule has 0 saturated carbocycles. The summed E-state index contributed by atoms with van der Waals surface area (Å²) < 4.78 is 0. The van der Waals surface area contributed by atoms with Crippen molar-refractivity contribution in [2.24, 2.45) is 0 Å². The number of hydrogen-bond donors (Lipinski definition) is 1.